The van der Waals surface area contributed by atoms with Gasteiger partial charge in [-0.2, -0.15) is 0 Å². The summed E-state index contributed by atoms with van der Waals surface area (Å²) in [4.78, 5) is 40.7. The lowest BCUT2D eigenvalue weighted by molar-refractivity contribution is -0.137. The number of carboxylic acid groups (broad SMARTS) is 1. The number of aromatic amines is 1. The van der Waals surface area contributed by atoms with Crippen LogP contribution in [0.25, 0.3) is 43.6 Å². The number of pyridine rings is 2. The number of aliphatic carboxylic acids is 1. The number of aromatic nitrogens is 2. The average Bonchev–Trinajstić information content (AvgIpc) is 2.70. The molecule has 136 valence electrons. The zero-order valence-electron chi connectivity index (χ0n) is 14.6. The van der Waals surface area contributed by atoms with Gasteiger partial charge >= 0.3 is 5.97 Å². The molecule has 0 unspecified atom stereocenters. The van der Waals surface area contributed by atoms with Crippen LogP contribution in [0.2, 0.25) is 0 Å². The molecule has 0 aliphatic rings. The molecule has 0 spiro atoms. The Bertz CT molecular complexity index is 1560. The molecule has 0 aliphatic heterocycles. The molecule has 3 aromatic carbocycles. The van der Waals surface area contributed by atoms with Gasteiger partial charge in [0.2, 0.25) is 0 Å². The monoisotopic (exact) mass is 370 g/mol. The SMILES string of the molecule is O=C(O)Cn1c2ccccc2c(=O)c2cc3[nH]c4ccccc4c(=O)c3cc21. The maximum Gasteiger partial charge on any atom is 0.323 e. The number of fused-ring (bicyclic) bond motifs is 4. The lowest BCUT2D eigenvalue weighted by Gasteiger charge is -2.14. The number of H-pyrrole nitrogens is 1. The van der Waals surface area contributed by atoms with E-state index >= 15 is 0 Å². The number of hydrogen-bond donors (Lipinski definition) is 2. The molecule has 6 heteroatoms. The largest absolute Gasteiger partial charge is 0.480 e. The Morgan fingerprint density at radius 2 is 1.46 bits per heavy atom. The van der Waals surface area contributed by atoms with E-state index in [1.807, 2.05) is 12.1 Å². The van der Waals surface area contributed by atoms with Crippen LogP contribution in [0, 0.1) is 0 Å². The van der Waals surface area contributed by atoms with Gasteiger partial charge in [-0.1, -0.05) is 24.3 Å². The average molecular weight is 370 g/mol. The number of hydrogen-bond acceptors (Lipinski definition) is 3. The first-order chi connectivity index (χ1) is 13.5. The van der Waals surface area contributed by atoms with E-state index < -0.39 is 5.97 Å². The molecule has 0 saturated carbocycles. The van der Waals surface area contributed by atoms with E-state index in [0.29, 0.717) is 43.6 Å². The quantitative estimate of drug-likeness (QED) is 0.467. The first-order valence-electron chi connectivity index (χ1n) is 8.76. The van der Waals surface area contributed by atoms with Crippen molar-refractivity contribution in [2.45, 2.75) is 6.54 Å². The number of carboxylic acids is 1. The third kappa shape index (κ3) is 2.24. The predicted molar refractivity (Wildman–Crippen MR) is 109 cm³/mol. The molecule has 0 amide bonds. The molecule has 2 N–H and O–H groups in total. The molecule has 6 nitrogen and oxygen atoms in total. The fourth-order valence-electron chi connectivity index (χ4n) is 3.85. The summed E-state index contributed by atoms with van der Waals surface area (Å²) in [5.74, 6) is -1.03. The van der Waals surface area contributed by atoms with Gasteiger partial charge in [0.05, 0.1) is 16.6 Å². The van der Waals surface area contributed by atoms with Gasteiger partial charge in [0.15, 0.2) is 10.9 Å². The van der Waals surface area contributed by atoms with Gasteiger partial charge in [-0.3, -0.25) is 14.4 Å². The summed E-state index contributed by atoms with van der Waals surface area (Å²) in [5, 5.41) is 11.2. The van der Waals surface area contributed by atoms with Crippen LogP contribution in [0.1, 0.15) is 0 Å². The van der Waals surface area contributed by atoms with E-state index in [2.05, 4.69) is 4.98 Å². The molecule has 0 fully saturated rings. The highest BCUT2D eigenvalue weighted by Gasteiger charge is 2.15. The molecular weight excluding hydrogens is 356 g/mol. The molecule has 0 radical (unpaired) electrons. The minimum atomic E-state index is -1.03. The predicted octanol–water partition coefficient (Wildman–Crippen LogP) is 3.23. The summed E-state index contributed by atoms with van der Waals surface area (Å²) in [6.45, 7) is -0.311. The fourth-order valence-corrected chi connectivity index (χ4v) is 3.85. The van der Waals surface area contributed by atoms with Crippen molar-refractivity contribution in [1.29, 1.82) is 0 Å². The summed E-state index contributed by atoms with van der Waals surface area (Å²) in [6.07, 6.45) is 0. The molecule has 5 rings (SSSR count). The normalized spacial score (nSPS) is 11.6. The van der Waals surface area contributed by atoms with Gasteiger partial charge in [0, 0.05) is 27.1 Å². The van der Waals surface area contributed by atoms with Crippen molar-refractivity contribution in [3.05, 3.63) is 81.1 Å². The highest BCUT2D eigenvalue weighted by atomic mass is 16.4. The van der Waals surface area contributed by atoms with Crippen LogP contribution >= 0.6 is 0 Å². The second kappa shape index (κ2) is 5.79. The van der Waals surface area contributed by atoms with Crippen molar-refractivity contribution in [2.75, 3.05) is 0 Å². The zero-order valence-corrected chi connectivity index (χ0v) is 14.6. The number of nitrogens with zero attached hydrogens (tertiary/aromatic N) is 1. The smallest absolute Gasteiger partial charge is 0.323 e. The summed E-state index contributed by atoms with van der Waals surface area (Å²) in [7, 11) is 0. The highest BCUT2D eigenvalue weighted by molar-refractivity contribution is 6.03. The highest BCUT2D eigenvalue weighted by Crippen LogP contribution is 2.24. The van der Waals surface area contributed by atoms with Gasteiger partial charge in [-0.15, -0.1) is 0 Å². The standard InChI is InChI=1S/C22H14N2O4/c25-20(26)11-24-18-8-4-2-6-13(18)22(28)15-9-17-14(10-19(15)24)21(27)12-5-1-3-7-16(12)23-17/h1-10H,11H2,(H,23,27)(H,25,26). The van der Waals surface area contributed by atoms with Crippen molar-refractivity contribution < 1.29 is 9.90 Å². The van der Waals surface area contributed by atoms with Crippen LogP contribution < -0.4 is 10.9 Å². The zero-order chi connectivity index (χ0) is 19.4. The lowest BCUT2D eigenvalue weighted by atomic mass is 10.0. The van der Waals surface area contributed by atoms with Gasteiger partial charge < -0.3 is 14.7 Å². The van der Waals surface area contributed by atoms with Crippen LogP contribution in [0.5, 0.6) is 0 Å². The van der Waals surface area contributed by atoms with Crippen LogP contribution in [-0.2, 0) is 11.3 Å². The second-order valence-electron chi connectivity index (χ2n) is 6.74. The van der Waals surface area contributed by atoms with Crippen molar-refractivity contribution in [2.24, 2.45) is 0 Å². The second-order valence-corrected chi connectivity index (χ2v) is 6.74. The van der Waals surface area contributed by atoms with Gasteiger partial charge in [0.25, 0.3) is 0 Å². The molecule has 2 heterocycles. The van der Waals surface area contributed by atoms with Crippen molar-refractivity contribution in [3.63, 3.8) is 0 Å². The maximum absolute atomic E-state index is 13.1. The van der Waals surface area contributed by atoms with Crippen LogP contribution in [0.3, 0.4) is 0 Å². The van der Waals surface area contributed by atoms with Crippen LogP contribution in [0.4, 0.5) is 0 Å². The molecule has 0 saturated heterocycles. The van der Waals surface area contributed by atoms with Gasteiger partial charge in [0.1, 0.15) is 6.54 Å². The van der Waals surface area contributed by atoms with E-state index in [4.69, 9.17) is 0 Å². The number of nitrogens with one attached hydrogen (secondary N) is 1. The van der Waals surface area contributed by atoms with Gasteiger partial charge in [-0.25, -0.2) is 0 Å². The van der Waals surface area contributed by atoms with E-state index in [0.717, 1.165) is 0 Å². The number of carbonyl (C=O) groups is 1. The third-order valence-electron chi connectivity index (χ3n) is 5.09. The van der Waals surface area contributed by atoms with E-state index in [9.17, 15) is 19.5 Å². The Hall–Kier alpha value is -3.93. The van der Waals surface area contributed by atoms with Crippen LogP contribution in [-0.4, -0.2) is 20.6 Å². The van der Waals surface area contributed by atoms with Crippen LogP contribution in [0.15, 0.2) is 70.3 Å². The van der Waals surface area contributed by atoms with Crippen molar-refractivity contribution >= 4 is 49.6 Å². The molecular formula is C22H14N2O4. The molecule has 28 heavy (non-hydrogen) atoms. The Balaban J connectivity index is 2.05. The summed E-state index contributed by atoms with van der Waals surface area (Å²) in [6, 6.07) is 17.3. The molecule has 0 bridgehead atoms. The van der Waals surface area contributed by atoms with E-state index in [1.165, 1.54) is 0 Å². The fraction of sp³-hybridized carbons (Fsp3) is 0.0455. The van der Waals surface area contributed by atoms with Gasteiger partial charge in [-0.05, 0) is 36.4 Å². The molecule has 5 aromatic rings. The van der Waals surface area contributed by atoms with Crippen molar-refractivity contribution in [3.8, 4) is 0 Å². The summed E-state index contributed by atoms with van der Waals surface area (Å²) in [5.41, 5.74) is 1.84. The minimum absolute atomic E-state index is 0.159. The molecule has 0 atom stereocenters. The lowest BCUT2D eigenvalue weighted by Crippen LogP contribution is -2.16. The molecule has 0 aliphatic carbocycles. The number of benzene rings is 3. The number of rotatable bonds is 2. The number of para-hydroxylation sites is 2. The Morgan fingerprint density at radius 3 is 2.25 bits per heavy atom. The summed E-state index contributed by atoms with van der Waals surface area (Å²) >= 11 is 0. The minimum Gasteiger partial charge on any atom is -0.480 e. The Kier molecular flexibility index (Phi) is 3.36. The molecule has 2 aromatic heterocycles. The summed E-state index contributed by atoms with van der Waals surface area (Å²) < 4.78 is 1.57. The first kappa shape index (κ1) is 16.3. The Labute approximate surface area is 157 Å². The third-order valence-corrected chi connectivity index (χ3v) is 5.09. The van der Waals surface area contributed by atoms with E-state index in [1.54, 1.807) is 53.1 Å². The van der Waals surface area contributed by atoms with E-state index in [-0.39, 0.29) is 17.4 Å². The Morgan fingerprint density at radius 1 is 0.786 bits per heavy atom. The maximum atomic E-state index is 13.1. The first-order valence-corrected chi connectivity index (χ1v) is 8.76. The topological polar surface area (TPSA) is 92.2 Å². The van der Waals surface area contributed by atoms with Crippen molar-refractivity contribution in [1.82, 2.24) is 9.55 Å².